The van der Waals surface area contributed by atoms with Gasteiger partial charge in [0.25, 0.3) is 0 Å². The molecule has 0 heterocycles. The maximum Gasteiger partial charge on any atom is 1.00 e. The Morgan fingerprint density at radius 3 is 2.50 bits per heavy atom. The molecule has 2 nitrogen and oxygen atoms in total. The van der Waals surface area contributed by atoms with Crippen LogP contribution < -0.4 is 34.7 Å². The Morgan fingerprint density at radius 2 is 2.07 bits per heavy atom. The Kier molecular flexibility index (Phi) is 5.81. The van der Waals surface area contributed by atoms with E-state index in [0.717, 1.165) is 12.1 Å². The number of aromatic carboxylic acids is 1. The first-order valence-electron chi connectivity index (χ1n) is 3.31. The third kappa shape index (κ3) is 3.02. The molecule has 0 unspecified atom stereocenters. The predicted octanol–water partition coefficient (Wildman–Crippen LogP) is -1.57. The van der Waals surface area contributed by atoms with Gasteiger partial charge in [0, 0.05) is 15.6 Å². The van der Waals surface area contributed by atoms with Gasteiger partial charge in [-0.25, -0.2) is 8.78 Å². The standard InChI is InChI=1S/C8H5BrF2O2.Na/c9-4-1-5(8(12)13)6(3-10)7(11)2-4;/h1-2H,3H2,(H,12,13);/q;+1/p-1. The van der Waals surface area contributed by atoms with Gasteiger partial charge in [-0.1, -0.05) is 15.9 Å². The van der Waals surface area contributed by atoms with E-state index in [1.807, 2.05) is 0 Å². The van der Waals surface area contributed by atoms with Crippen LogP contribution in [0.25, 0.3) is 0 Å². The van der Waals surface area contributed by atoms with Crippen LogP contribution in [0.5, 0.6) is 0 Å². The number of benzene rings is 1. The molecule has 0 N–H and O–H groups in total. The minimum absolute atomic E-state index is 0. The van der Waals surface area contributed by atoms with Crippen molar-refractivity contribution in [1.82, 2.24) is 0 Å². The Morgan fingerprint density at radius 1 is 1.50 bits per heavy atom. The molecule has 14 heavy (non-hydrogen) atoms. The molecule has 0 bridgehead atoms. The number of alkyl halides is 1. The van der Waals surface area contributed by atoms with E-state index in [4.69, 9.17) is 0 Å². The molecule has 0 fully saturated rings. The molecule has 0 amide bonds. The van der Waals surface area contributed by atoms with Crippen LogP contribution in [0.1, 0.15) is 15.9 Å². The minimum Gasteiger partial charge on any atom is -0.545 e. The number of hydrogen-bond donors (Lipinski definition) is 0. The molecule has 0 atom stereocenters. The van der Waals surface area contributed by atoms with Crippen molar-refractivity contribution >= 4 is 21.9 Å². The normalized spacial score (nSPS) is 9.36. The predicted molar refractivity (Wildman–Crippen MR) is 43.2 cm³/mol. The number of carbonyl (C=O) groups excluding carboxylic acids is 1. The topological polar surface area (TPSA) is 40.1 Å². The summed E-state index contributed by atoms with van der Waals surface area (Å²) in [6.45, 7) is -1.16. The molecule has 0 aliphatic rings. The monoisotopic (exact) mass is 272 g/mol. The molecule has 1 rings (SSSR count). The summed E-state index contributed by atoms with van der Waals surface area (Å²) in [5.41, 5.74) is -0.947. The maximum atomic E-state index is 12.9. The third-order valence-corrected chi connectivity index (χ3v) is 1.97. The Labute approximate surface area is 110 Å². The van der Waals surface area contributed by atoms with E-state index in [2.05, 4.69) is 15.9 Å². The fourth-order valence-electron chi connectivity index (χ4n) is 0.921. The van der Waals surface area contributed by atoms with Crippen LogP contribution in [-0.2, 0) is 6.67 Å². The molecule has 70 valence electrons. The SMILES string of the molecule is O=C([O-])c1cc(Br)cc(F)c1CF.[Na+]. The van der Waals surface area contributed by atoms with Crippen LogP contribution in [-0.4, -0.2) is 5.97 Å². The summed E-state index contributed by atoms with van der Waals surface area (Å²) in [6, 6.07) is 2.11. The first kappa shape index (κ1) is 14.0. The minimum atomic E-state index is -1.59. The van der Waals surface area contributed by atoms with Crippen molar-refractivity contribution in [2.45, 2.75) is 6.67 Å². The van der Waals surface area contributed by atoms with Gasteiger partial charge in [0.05, 0.1) is 5.97 Å². The summed E-state index contributed by atoms with van der Waals surface area (Å²) < 4.78 is 25.3. The summed E-state index contributed by atoms with van der Waals surface area (Å²) in [4.78, 5) is 10.4. The van der Waals surface area contributed by atoms with Gasteiger partial charge < -0.3 is 9.90 Å². The van der Waals surface area contributed by atoms with Gasteiger partial charge in [-0.3, -0.25) is 0 Å². The molecule has 1 aromatic rings. The first-order chi connectivity index (χ1) is 6.06. The Balaban J connectivity index is 0.00000169. The summed E-state index contributed by atoms with van der Waals surface area (Å²) in [7, 11) is 0. The summed E-state index contributed by atoms with van der Waals surface area (Å²) >= 11 is 2.89. The average Bonchev–Trinajstić information content (AvgIpc) is 2.02. The average molecular weight is 273 g/mol. The number of carboxylic acids is 1. The molecule has 0 saturated heterocycles. The molecule has 0 radical (unpaired) electrons. The second-order valence-electron chi connectivity index (χ2n) is 2.33. The largest absolute Gasteiger partial charge is 1.00 e. The van der Waals surface area contributed by atoms with Gasteiger partial charge in [-0.15, -0.1) is 0 Å². The van der Waals surface area contributed by atoms with Crippen molar-refractivity contribution < 1.29 is 48.2 Å². The number of halogens is 3. The number of carbonyl (C=O) groups is 1. The molecular formula is C8H4BrF2NaO2. The van der Waals surface area contributed by atoms with Crippen LogP contribution in [0, 0.1) is 5.82 Å². The van der Waals surface area contributed by atoms with Crippen LogP contribution in [0.15, 0.2) is 16.6 Å². The molecule has 0 aliphatic heterocycles. The van der Waals surface area contributed by atoms with Crippen molar-refractivity contribution in [1.29, 1.82) is 0 Å². The van der Waals surface area contributed by atoms with Gasteiger partial charge in [0.2, 0.25) is 0 Å². The summed E-state index contributed by atoms with van der Waals surface area (Å²) in [5.74, 6) is -2.48. The number of rotatable bonds is 2. The third-order valence-electron chi connectivity index (χ3n) is 1.51. The van der Waals surface area contributed by atoms with E-state index < -0.39 is 29.6 Å². The summed E-state index contributed by atoms with van der Waals surface area (Å²) in [6.07, 6.45) is 0. The van der Waals surface area contributed by atoms with Crippen LogP contribution in [0.2, 0.25) is 0 Å². The molecule has 0 aliphatic carbocycles. The zero-order valence-corrected chi connectivity index (χ0v) is 10.9. The van der Waals surface area contributed by atoms with Gasteiger partial charge in [-0.2, -0.15) is 0 Å². The molecule has 6 heteroatoms. The second-order valence-corrected chi connectivity index (χ2v) is 3.25. The van der Waals surface area contributed by atoms with Crippen LogP contribution >= 0.6 is 15.9 Å². The molecule has 0 aromatic heterocycles. The van der Waals surface area contributed by atoms with Crippen LogP contribution in [0.4, 0.5) is 8.78 Å². The van der Waals surface area contributed by atoms with E-state index in [0.29, 0.717) is 0 Å². The van der Waals surface area contributed by atoms with E-state index >= 15 is 0 Å². The van der Waals surface area contributed by atoms with Gasteiger partial charge in [0.15, 0.2) is 0 Å². The fourth-order valence-corrected chi connectivity index (χ4v) is 1.35. The van der Waals surface area contributed by atoms with E-state index in [-0.39, 0.29) is 34.0 Å². The van der Waals surface area contributed by atoms with E-state index in [1.54, 1.807) is 0 Å². The van der Waals surface area contributed by atoms with Gasteiger partial charge in [-0.05, 0) is 12.1 Å². The first-order valence-corrected chi connectivity index (χ1v) is 4.10. The quantitative estimate of drug-likeness (QED) is 0.610. The van der Waals surface area contributed by atoms with E-state index in [1.165, 1.54) is 0 Å². The van der Waals surface area contributed by atoms with Crippen molar-refractivity contribution in [3.05, 3.63) is 33.5 Å². The smallest absolute Gasteiger partial charge is 0.545 e. The van der Waals surface area contributed by atoms with Crippen molar-refractivity contribution in [2.24, 2.45) is 0 Å². The number of hydrogen-bond acceptors (Lipinski definition) is 2. The maximum absolute atomic E-state index is 12.9. The van der Waals surface area contributed by atoms with Crippen molar-refractivity contribution in [2.75, 3.05) is 0 Å². The van der Waals surface area contributed by atoms with E-state index in [9.17, 15) is 18.7 Å². The molecule has 1 aromatic carbocycles. The molecule has 0 spiro atoms. The van der Waals surface area contributed by atoms with Crippen molar-refractivity contribution in [3.8, 4) is 0 Å². The molecular weight excluding hydrogens is 269 g/mol. The summed E-state index contributed by atoms with van der Waals surface area (Å²) in [5, 5.41) is 10.4. The van der Waals surface area contributed by atoms with Crippen LogP contribution in [0.3, 0.4) is 0 Å². The second kappa shape index (κ2) is 5.80. The van der Waals surface area contributed by atoms with Gasteiger partial charge in [0.1, 0.15) is 12.5 Å². The van der Waals surface area contributed by atoms with Gasteiger partial charge >= 0.3 is 29.6 Å². The Hall–Kier alpha value is 0.0300. The zero-order chi connectivity index (χ0) is 10.0. The Bertz CT molecular complexity index is 357. The fraction of sp³-hybridized carbons (Fsp3) is 0.125. The van der Waals surface area contributed by atoms with Crippen molar-refractivity contribution in [3.63, 3.8) is 0 Å². The zero-order valence-electron chi connectivity index (χ0n) is 7.31. The number of carboxylic acid groups (broad SMARTS) is 1. The molecule has 0 saturated carbocycles.